The molecular weight excluding hydrogens is 224 g/mol. The van der Waals surface area contributed by atoms with E-state index < -0.39 is 0 Å². The van der Waals surface area contributed by atoms with Gasteiger partial charge in [-0.2, -0.15) is 0 Å². The molecule has 1 aromatic carbocycles. The van der Waals surface area contributed by atoms with Crippen molar-refractivity contribution >= 4 is 0 Å². The number of methoxy groups -OCH3 is 1. The van der Waals surface area contributed by atoms with Gasteiger partial charge in [0.2, 0.25) is 0 Å². The summed E-state index contributed by atoms with van der Waals surface area (Å²) in [4.78, 5) is 2.50. The molecule has 3 nitrogen and oxygen atoms in total. The second-order valence-electron chi connectivity index (χ2n) is 5.35. The smallest absolute Gasteiger partial charge is 0.0630 e. The second-order valence-corrected chi connectivity index (χ2v) is 5.35. The van der Waals surface area contributed by atoms with Crippen molar-refractivity contribution in [3.8, 4) is 0 Å². The van der Waals surface area contributed by atoms with E-state index in [2.05, 4.69) is 48.3 Å². The highest BCUT2D eigenvalue weighted by Gasteiger charge is 2.25. The molecule has 0 saturated carbocycles. The van der Waals surface area contributed by atoms with Crippen LogP contribution in [-0.2, 0) is 17.8 Å². The van der Waals surface area contributed by atoms with Crippen LogP contribution in [0.5, 0.6) is 0 Å². The van der Waals surface area contributed by atoms with Crippen LogP contribution in [0.4, 0.5) is 0 Å². The standard InChI is InChI=1S/C15H24N2O/c1-12(2)16-8-15(11-18-3)17-9-13-6-4-5-7-14(13)10-17/h4-7,12,15-16H,8-11H2,1-3H3. The summed E-state index contributed by atoms with van der Waals surface area (Å²) in [6.45, 7) is 8.23. The lowest BCUT2D eigenvalue weighted by Gasteiger charge is -2.28. The van der Waals surface area contributed by atoms with E-state index in [1.165, 1.54) is 11.1 Å². The molecule has 0 aromatic heterocycles. The molecule has 18 heavy (non-hydrogen) atoms. The van der Waals surface area contributed by atoms with Crippen molar-refractivity contribution in [3.05, 3.63) is 35.4 Å². The topological polar surface area (TPSA) is 24.5 Å². The molecule has 100 valence electrons. The predicted octanol–water partition coefficient (Wildman–Crippen LogP) is 2.02. The van der Waals surface area contributed by atoms with Crippen molar-refractivity contribution in [2.24, 2.45) is 0 Å². The Hall–Kier alpha value is -0.900. The Kier molecular flexibility index (Phi) is 4.75. The van der Waals surface area contributed by atoms with E-state index in [4.69, 9.17) is 4.74 Å². The summed E-state index contributed by atoms with van der Waals surface area (Å²) in [7, 11) is 1.78. The van der Waals surface area contributed by atoms with Crippen molar-refractivity contribution in [1.82, 2.24) is 10.2 Å². The van der Waals surface area contributed by atoms with Gasteiger partial charge in [0.15, 0.2) is 0 Å². The number of ether oxygens (including phenoxy) is 1. The Morgan fingerprint density at radius 1 is 1.22 bits per heavy atom. The minimum atomic E-state index is 0.449. The van der Waals surface area contributed by atoms with Gasteiger partial charge >= 0.3 is 0 Å². The van der Waals surface area contributed by atoms with Gasteiger partial charge in [0.05, 0.1) is 6.61 Å². The Balaban J connectivity index is 1.97. The summed E-state index contributed by atoms with van der Waals surface area (Å²) in [5.41, 5.74) is 2.92. The molecule has 0 bridgehead atoms. The Morgan fingerprint density at radius 3 is 2.33 bits per heavy atom. The summed E-state index contributed by atoms with van der Waals surface area (Å²) in [5.74, 6) is 0. The summed E-state index contributed by atoms with van der Waals surface area (Å²) in [6.07, 6.45) is 0. The molecule has 0 amide bonds. The van der Waals surface area contributed by atoms with Crippen LogP contribution >= 0.6 is 0 Å². The fourth-order valence-corrected chi connectivity index (χ4v) is 2.48. The lowest BCUT2D eigenvalue weighted by Crippen LogP contribution is -2.44. The molecule has 1 atom stereocenters. The van der Waals surface area contributed by atoms with Gasteiger partial charge in [-0.25, -0.2) is 0 Å². The molecule has 0 spiro atoms. The van der Waals surface area contributed by atoms with Crippen LogP contribution in [0.2, 0.25) is 0 Å². The van der Waals surface area contributed by atoms with Gasteiger partial charge in [-0.05, 0) is 11.1 Å². The molecule has 1 heterocycles. The molecule has 1 unspecified atom stereocenters. The summed E-state index contributed by atoms with van der Waals surface area (Å²) >= 11 is 0. The quantitative estimate of drug-likeness (QED) is 0.833. The first kappa shape index (κ1) is 13.5. The number of nitrogens with zero attached hydrogens (tertiary/aromatic N) is 1. The van der Waals surface area contributed by atoms with Crippen LogP contribution in [0.25, 0.3) is 0 Å². The molecule has 1 aliphatic rings. The van der Waals surface area contributed by atoms with Gasteiger partial charge in [0.25, 0.3) is 0 Å². The molecule has 0 saturated heterocycles. The minimum Gasteiger partial charge on any atom is -0.383 e. The minimum absolute atomic E-state index is 0.449. The zero-order valence-corrected chi connectivity index (χ0v) is 11.6. The zero-order chi connectivity index (χ0) is 13.0. The van der Waals surface area contributed by atoms with Gasteiger partial charge in [-0.1, -0.05) is 38.1 Å². The van der Waals surface area contributed by atoms with Crippen LogP contribution in [-0.4, -0.2) is 37.2 Å². The lowest BCUT2D eigenvalue weighted by molar-refractivity contribution is 0.0864. The van der Waals surface area contributed by atoms with E-state index in [1.807, 2.05) is 0 Å². The maximum absolute atomic E-state index is 5.37. The number of hydrogen-bond acceptors (Lipinski definition) is 3. The predicted molar refractivity (Wildman–Crippen MR) is 74.5 cm³/mol. The Labute approximate surface area is 110 Å². The first-order valence-electron chi connectivity index (χ1n) is 6.74. The summed E-state index contributed by atoms with van der Waals surface area (Å²) < 4.78 is 5.37. The van der Waals surface area contributed by atoms with E-state index in [1.54, 1.807) is 7.11 Å². The van der Waals surface area contributed by atoms with E-state index >= 15 is 0 Å². The van der Waals surface area contributed by atoms with Crippen LogP contribution in [0, 0.1) is 0 Å². The van der Waals surface area contributed by atoms with E-state index in [0.29, 0.717) is 12.1 Å². The van der Waals surface area contributed by atoms with Crippen molar-refractivity contribution in [2.75, 3.05) is 20.3 Å². The third-order valence-corrected chi connectivity index (χ3v) is 3.50. The third-order valence-electron chi connectivity index (χ3n) is 3.50. The van der Waals surface area contributed by atoms with Gasteiger partial charge in [-0.15, -0.1) is 0 Å². The number of fused-ring (bicyclic) bond motifs is 1. The number of hydrogen-bond donors (Lipinski definition) is 1. The van der Waals surface area contributed by atoms with Gasteiger partial charge < -0.3 is 10.1 Å². The lowest BCUT2D eigenvalue weighted by atomic mass is 10.1. The molecule has 0 radical (unpaired) electrons. The first-order valence-corrected chi connectivity index (χ1v) is 6.74. The average molecular weight is 248 g/mol. The van der Waals surface area contributed by atoms with Crippen molar-refractivity contribution in [2.45, 2.75) is 39.0 Å². The Bertz CT molecular complexity index is 354. The highest BCUT2D eigenvalue weighted by Crippen LogP contribution is 2.24. The third kappa shape index (κ3) is 3.31. The van der Waals surface area contributed by atoms with Gasteiger partial charge in [0.1, 0.15) is 0 Å². The van der Waals surface area contributed by atoms with Crippen LogP contribution in [0.1, 0.15) is 25.0 Å². The molecule has 3 heteroatoms. The molecule has 2 rings (SSSR count). The van der Waals surface area contributed by atoms with Crippen LogP contribution in [0.15, 0.2) is 24.3 Å². The van der Waals surface area contributed by atoms with E-state index in [0.717, 1.165) is 26.2 Å². The molecular formula is C15H24N2O. The average Bonchev–Trinajstić information content (AvgIpc) is 2.77. The largest absolute Gasteiger partial charge is 0.383 e. The summed E-state index contributed by atoms with van der Waals surface area (Å²) in [5, 5.41) is 3.51. The van der Waals surface area contributed by atoms with E-state index in [9.17, 15) is 0 Å². The van der Waals surface area contributed by atoms with Crippen molar-refractivity contribution in [3.63, 3.8) is 0 Å². The van der Waals surface area contributed by atoms with E-state index in [-0.39, 0.29) is 0 Å². The van der Waals surface area contributed by atoms with Crippen molar-refractivity contribution < 1.29 is 4.74 Å². The SMILES string of the molecule is COCC(CNC(C)C)N1Cc2ccccc2C1. The maximum atomic E-state index is 5.37. The molecule has 1 aromatic rings. The molecule has 0 aliphatic carbocycles. The fraction of sp³-hybridized carbons (Fsp3) is 0.600. The Morgan fingerprint density at radius 2 is 1.83 bits per heavy atom. The van der Waals surface area contributed by atoms with Crippen LogP contribution in [0.3, 0.4) is 0 Å². The number of benzene rings is 1. The highest BCUT2D eigenvalue weighted by atomic mass is 16.5. The number of rotatable bonds is 6. The maximum Gasteiger partial charge on any atom is 0.0630 e. The van der Waals surface area contributed by atoms with Crippen LogP contribution < -0.4 is 5.32 Å². The monoisotopic (exact) mass is 248 g/mol. The van der Waals surface area contributed by atoms with Crippen molar-refractivity contribution in [1.29, 1.82) is 0 Å². The second kappa shape index (κ2) is 6.32. The molecule has 1 N–H and O–H groups in total. The highest BCUT2D eigenvalue weighted by molar-refractivity contribution is 5.30. The molecule has 0 fully saturated rings. The zero-order valence-electron chi connectivity index (χ0n) is 11.6. The first-order chi connectivity index (χ1) is 8.70. The summed E-state index contributed by atoms with van der Waals surface area (Å²) in [6, 6.07) is 9.68. The fourth-order valence-electron chi connectivity index (χ4n) is 2.48. The molecule has 1 aliphatic heterocycles. The van der Waals surface area contributed by atoms with Gasteiger partial charge in [0, 0.05) is 38.8 Å². The normalized spacial score (nSPS) is 17.1. The number of nitrogens with one attached hydrogen (secondary N) is 1. The van der Waals surface area contributed by atoms with Gasteiger partial charge in [-0.3, -0.25) is 4.90 Å².